The SMILES string of the molecule is Cc1ccccc1Nc1nnc(SCC(=O)Nc2c(Cl)cccc2Cl)s1. The van der Waals surface area contributed by atoms with Crippen LogP contribution in [-0.4, -0.2) is 21.9 Å². The van der Waals surface area contributed by atoms with E-state index in [0.717, 1.165) is 11.3 Å². The highest BCUT2D eigenvalue weighted by molar-refractivity contribution is 8.01. The van der Waals surface area contributed by atoms with E-state index in [9.17, 15) is 4.79 Å². The Kier molecular flexibility index (Phi) is 6.37. The van der Waals surface area contributed by atoms with Crippen LogP contribution in [0.4, 0.5) is 16.5 Å². The van der Waals surface area contributed by atoms with Gasteiger partial charge in [-0.15, -0.1) is 10.2 Å². The summed E-state index contributed by atoms with van der Waals surface area (Å²) in [7, 11) is 0. The second-order valence-corrected chi connectivity index (χ2v) is 8.26. The van der Waals surface area contributed by atoms with Crippen LogP contribution < -0.4 is 10.6 Å². The molecule has 0 aliphatic rings. The minimum Gasteiger partial charge on any atom is -0.330 e. The summed E-state index contributed by atoms with van der Waals surface area (Å²) in [6.07, 6.45) is 0. The Balaban J connectivity index is 1.56. The van der Waals surface area contributed by atoms with E-state index in [-0.39, 0.29) is 11.7 Å². The van der Waals surface area contributed by atoms with Crippen molar-refractivity contribution in [1.29, 1.82) is 0 Å². The van der Waals surface area contributed by atoms with E-state index in [4.69, 9.17) is 23.2 Å². The zero-order chi connectivity index (χ0) is 18.5. The van der Waals surface area contributed by atoms with Gasteiger partial charge >= 0.3 is 0 Å². The summed E-state index contributed by atoms with van der Waals surface area (Å²) in [4.78, 5) is 12.1. The highest BCUT2D eigenvalue weighted by Crippen LogP contribution is 2.31. The third-order valence-electron chi connectivity index (χ3n) is 3.35. The molecule has 1 aromatic heterocycles. The van der Waals surface area contributed by atoms with Gasteiger partial charge in [0.25, 0.3) is 0 Å². The third-order valence-corrected chi connectivity index (χ3v) is 5.95. The van der Waals surface area contributed by atoms with Crippen molar-refractivity contribution in [2.24, 2.45) is 0 Å². The van der Waals surface area contributed by atoms with Crippen molar-refractivity contribution in [3.63, 3.8) is 0 Å². The number of benzene rings is 2. The molecule has 26 heavy (non-hydrogen) atoms. The minimum atomic E-state index is -0.214. The van der Waals surface area contributed by atoms with Gasteiger partial charge in [0.05, 0.1) is 21.5 Å². The van der Waals surface area contributed by atoms with E-state index in [1.165, 1.54) is 23.1 Å². The van der Waals surface area contributed by atoms with Crippen molar-refractivity contribution < 1.29 is 4.79 Å². The molecule has 0 saturated heterocycles. The second kappa shape index (κ2) is 8.73. The Hall–Kier alpha value is -1.80. The van der Waals surface area contributed by atoms with Crippen molar-refractivity contribution >= 4 is 68.7 Å². The van der Waals surface area contributed by atoms with Crippen LogP contribution >= 0.6 is 46.3 Å². The molecular formula is C17H14Cl2N4OS2. The van der Waals surface area contributed by atoms with Crippen molar-refractivity contribution in [3.05, 3.63) is 58.1 Å². The summed E-state index contributed by atoms with van der Waals surface area (Å²) in [5.74, 6) is -0.0331. The summed E-state index contributed by atoms with van der Waals surface area (Å²) in [5, 5.41) is 15.6. The first-order chi connectivity index (χ1) is 12.5. The molecule has 0 bridgehead atoms. The predicted octanol–water partition coefficient (Wildman–Crippen LogP) is 5.63. The fourth-order valence-electron chi connectivity index (χ4n) is 2.07. The van der Waals surface area contributed by atoms with E-state index < -0.39 is 0 Å². The first-order valence-electron chi connectivity index (χ1n) is 7.56. The molecule has 1 heterocycles. The van der Waals surface area contributed by atoms with Crippen LogP contribution in [0.1, 0.15) is 5.56 Å². The lowest BCUT2D eigenvalue weighted by molar-refractivity contribution is -0.113. The van der Waals surface area contributed by atoms with Crippen LogP contribution in [0, 0.1) is 6.92 Å². The molecule has 0 atom stereocenters. The maximum Gasteiger partial charge on any atom is 0.234 e. The van der Waals surface area contributed by atoms with E-state index in [1.54, 1.807) is 18.2 Å². The van der Waals surface area contributed by atoms with Crippen LogP contribution in [0.3, 0.4) is 0 Å². The highest BCUT2D eigenvalue weighted by Gasteiger charge is 2.12. The van der Waals surface area contributed by atoms with Crippen LogP contribution in [0.5, 0.6) is 0 Å². The molecule has 3 rings (SSSR count). The first-order valence-corrected chi connectivity index (χ1v) is 10.1. The van der Waals surface area contributed by atoms with E-state index in [2.05, 4.69) is 20.8 Å². The van der Waals surface area contributed by atoms with E-state index in [0.29, 0.717) is 25.2 Å². The molecule has 0 unspecified atom stereocenters. The lowest BCUT2D eigenvalue weighted by Gasteiger charge is -2.08. The number of hydrogen-bond acceptors (Lipinski definition) is 6. The number of carbonyl (C=O) groups excluding carboxylic acids is 1. The third kappa shape index (κ3) is 4.88. The van der Waals surface area contributed by atoms with Gasteiger partial charge in [-0.05, 0) is 30.7 Å². The summed E-state index contributed by atoms with van der Waals surface area (Å²) >= 11 is 14.8. The molecule has 3 aromatic rings. The molecule has 134 valence electrons. The molecule has 0 fully saturated rings. The van der Waals surface area contributed by atoms with Gasteiger partial charge in [-0.2, -0.15) is 0 Å². The van der Waals surface area contributed by atoms with Crippen LogP contribution in [0.2, 0.25) is 10.0 Å². The van der Waals surface area contributed by atoms with Gasteiger partial charge in [-0.25, -0.2) is 0 Å². The van der Waals surface area contributed by atoms with Gasteiger partial charge in [-0.3, -0.25) is 4.79 Å². The Morgan fingerprint density at radius 2 is 1.85 bits per heavy atom. The summed E-state index contributed by atoms with van der Waals surface area (Å²) in [5.41, 5.74) is 2.51. The largest absolute Gasteiger partial charge is 0.330 e. The van der Waals surface area contributed by atoms with Crippen molar-refractivity contribution in [3.8, 4) is 0 Å². The number of amides is 1. The van der Waals surface area contributed by atoms with E-state index >= 15 is 0 Å². The molecule has 0 saturated carbocycles. The number of nitrogens with one attached hydrogen (secondary N) is 2. The number of carbonyl (C=O) groups is 1. The average molecular weight is 425 g/mol. The molecule has 5 nitrogen and oxygen atoms in total. The quantitative estimate of drug-likeness (QED) is 0.501. The molecule has 1 amide bonds. The standard InChI is InChI=1S/C17H14Cl2N4OS2/c1-10-5-2-3-8-13(10)20-16-22-23-17(26-16)25-9-14(24)21-15-11(18)6-4-7-12(15)19/h2-8H,9H2,1H3,(H,20,22)(H,21,24). The fourth-order valence-corrected chi connectivity index (χ4v) is 4.12. The van der Waals surface area contributed by atoms with Gasteiger partial charge in [0.1, 0.15) is 0 Å². The zero-order valence-corrected chi connectivity index (χ0v) is 16.8. The normalized spacial score (nSPS) is 10.6. The average Bonchev–Trinajstić information content (AvgIpc) is 3.06. The molecule has 0 spiro atoms. The molecule has 2 N–H and O–H groups in total. The maximum absolute atomic E-state index is 12.1. The van der Waals surface area contributed by atoms with E-state index in [1.807, 2.05) is 31.2 Å². The zero-order valence-electron chi connectivity index (χ0n) is 13.6. The predicted molar refractivity (Wildman–Crippen MR) is 110 cm³/mol. The first kappa shape index (κ1) is 19.0. The monoisotopic (exact) mass is 424 g/mol. The Morgan fingerprint density at radius 1 is 1.12 bits per heavy atom. The van der Waals surface area contributed by atoms with Crippen molar-refractivity contribution in [2.75, 3.05) is 16.4 Å². The van der Waals surface area contributed by atoms with Gasteiger partial charge in [0.2, 0.25) is 11.0 Å². The number of rotatable bonds is 6. The highest BCUT2D eigenvalue weighted by atomic mass is 35.5. The van der Waals surface area contributed by atoms with Gasteiger partial charge in [0, 0.05) is 5.69 Å². The number of anilines is 3. The number of aromatic nitrogens is 2. The topological polar surface area (TPSA) is 66.9 Å². The van der Waals surface area contributed by atoms with Crippen molar-refractivity contribution in [2.45, 2.75) is 11.3 Å². The number of nitrogens with zero attached hydrogens (tertiary/aromatic N) is 2. The molecule has 2 aromatic carbocycles. The fraction of sp³-hybridized carbons (Fsp3) is 0.118. The Morgan fingerprint density at radius 3 is 2.58 bits per heavy atom. The van der Waals surface area contributed by atoms with Gasteiger partial charge in [-0.1, -0.05) is 70.6 Å². The smallest absolute Gasteiger partial charge is 0.234 e. The minimum absolute atomic E-state index is 0.181. The Labute approximate surface area is 169 Å². The second-order valence-electron chi connectivity index (χ2n) is 5.25. The summed E-state index contributed by atoms with van der Waals surface area (Å²) in [6, 6.07) is 13.0. The lowest BCUT2D eigenvalue weighted by atomic mass is 10.2. The summed E-state index contributed by atoms with van der Waals surface area (Å²) in [6.45, 7) is 2.02. The molecule has 0 aliphatic heterocycles. The molecule has 0 aliphatic carbocycles. The molecular weight excluding hydrogens is 411 g/mol. The maximum atomic E-state index is 12.1. The lowest BCUT2D eigenvalue weighted by Crippen LogP contribution is -2.14. The van der Waals surface area contributed by atoms with Crippen molar-refractivity contribution in [1.82, 2.24) is 10.2 Å². The number of halogens is 2. The number of hydrogen-bond donors (Lipinski definition) is 2. The number of aryl methyl sites for hydroxylation is 1. The molecule has 9 heteroatoms. The number of thioether (sulfide) groups is 1. The van der Waals surface area contributed by atoms with Crippen LogP contribution in [-0.2, 0) is 4.79 Å². The molecule has 0 radical (unpaired) electrons. The van der Waals surface area contributed by atoms with Gasteiger partial charge in [0.15, 0.2) is 4.34 Å². The van der Waals surface area contributed by atoms with Crippen LogP contribution in [0.25, 0.3) is 0 Å². The summed E-state index contributed by atoms with van der Waals surface area (Å²) < 4.78 is 0.696. The Bertz CT molecular complexity index is 912. The van der Waals surface area contributed by atoms with Crippen LogP contribution in [0.15, 0.2) is 46.8 Å². The van der Waals surface area contributed by atoms with Gasteiger partial charge < -0.3 is 10.6 Å². The number of para-hydroxylation sites is 2.